The number of likely N-dealkylation sites (N-methyl/N-ethyl adjacent to an activating group) is 1. The van der Waals surface area contributed by atoms with Gasteiger partial charge in [-0.1, -0.05) is 24.6 Å². The Bertz CT molecular complexity index is 1090. The van der Waals surface area contributed by atoms with Crippen molar-refractivity contribution >= 4 is 27.5 Å². The molecule has 0 atom stereocenters. The van der Waals surface area contributed by atoms with E-state index in [1.807, 2.05) is 13.0 Å². The van der Waals surface area contributed by atoms with Crippen molar-refractivity contribution < 1.29 is 18.0 Å². The van der Waals surface area contributed by atoms with Gasteiger partial charge in [0.15, 0.2) is 0 Å². The van der Waals surface area contributed by atoms with Gasteiger partial charge in [0.05, 0.1) is 11.4 Å². The van der Waals surface area contributed by atoms with E-state index in [0.29, 0.717) is 30.9 Å². The summed E-state index contributed by atoms with van der Waals surface area (Å²) >= 11 is 0. The minimum atomic E-state index is -3.58. The van der Waals surface area contributed by atoms with Gasteiger partial charge in [-0.25, -0.2) is 8.42 Å². The minimum absolute atomic E-state index is 0.101. The monoisotopic (exact) mass is 458 g/mol. The number of carbonyl (C=O) groups is 2. The molecule has 32 heavy (non-hydrogen) atoms. The summed E-state index contributed by atoms with van der Waals surface area (Å²) in [6.07, 6.45) is 2.77. The molecule has 0 spiro atoms. The van der Waals surface area contributed by atoms with Gasteiger partial charge in [0.2, 0.25) is 21.8 Å². The first-order chi connectivity index (χ1) is 15.2. The highest BCUT2D eigenvalue weighted by atomic mass is 32.2. The van der Waals surface area contributed by atoms with Crippen LogP contribution in [0, 0.1) is 6.92 Å². The second-order valence-corrected chi connectivity index (χ2v) is 10.2. The van der Waals surface area contributed by atoms with Crippen LogP contribution < -0.4 is 11.1 Å². The van der Waals surface area contributed by atoms with Crippen molar-refractivity contribution in [3.63, 3.8) is 0 Å². The van der Waals surface area contributed by atoms with Gasteiger partial charge in [0, 0.05) is 30.9 Å². The van der Waals surface area contributed by atoms with Crippen LogP contribution in [0.15, 0.2) is 47.4 Å². The van der Waals surface area contributed by atoms with Gasteiger partial charge in [-0.3, -0.25) is 14.5 Å². The number of nitrogens with zero attached hydrogens (tertiary/aromatic N) is 2. The number of aryl methyl sites for hydroxylation is 1. The molecule has 1 heterocycles. The van der Waals surface area contributed by atoms with Crippen LogP contribution in [0.25, 0.3) is 0 Å². The number of piperidine rings is 1. The number of amides is 2. The van der Waals surface area contributed by atoms with Crippen LogP contribution >= 0.6 is 0 Å². The van der Waals surface area contributed by atoms with Gasteiger partial charge in [-0.15, -0.1) is 0 Å². The molecule has 0 saturated carbocycles. The van der Waals surface area contributed by atoms with Crippen LogP contribution in [0.4, 0.5) is 5.69 Å². The van der Waals surface area contributed by atoms with Crippen LogP contribution in [0.2, 0.25) is 0 Å². The smallest absolute Gasteiger partial charge is 0.248 e. The number of benzene rings is 2. The molecule has 0 aliphatic carbocycles. The number of nitrogens with one attached hydrogen (secondary N) is 1. The predicted molar refractivity (Wildman–Crippen MR) is 124 cm³/mol. The Morgan fingerprint density at radius 1 is 1.09 bits per heavy atom. The van der Waals surface area contributed by atoms with Gasteiger partial charge < -0.3 is 11.1 Å². The Morgan fingerprint density at radius 2 is 1.81 bits per heavy atom. The normalized spacial score (nSPS) is 15.0. The third-order valence-electron chi connectivity index (χ3n) is 5.51. The number of sulfonamides is 1. The molecule has 3 N–H and O–H groups in total. The highest BCUT2D eigenvalue weighted by Crippen LogP contribution is 2.25. The Labute approximate surface area is 189 Å². The quantitative estimate of drug-likeness (QED) is 0.630. The third-order valence-corrected chi connectivity index (χ3v) is 7.41. The molecule has 1 aliphatic rings. The van der Waals surface area contributed by atoms with Gasteiger partial charge in [0.1, 0.15) is 0 Å². The van der Waals surface area contributed by atoms with Crippen molar-refractivity contribution in [3.8, 4) is 0 Å². The molecule has 1 fully saturated rings. The largest absolute Gasteiger partial charge is 0.366 e. The molecule has 2 amide bonds. The van der Waals surface area contributed by atoms with E-state index in [2.05, 4.69) is 5.32 Å². The number of rotatable bonds is 8. The van der Waals surface area contributed by atoms with Crippen molar-refractivity contribution in [2.24, 2.45) is 5.73 Å². The highest BCUT2D eigenvalue weighted by Gasteiger charge is 2.26. The molecular weight excluding hydrogens is 428 g/mol. The van der Waals surface area contributed by atoms with Gasteiger partial charge in [-0.05, 0) is 62.2 Å². The van der Waals surface area contributed by atoms with E-state index < -0.39 is 15.9 Å². The first kappa shape index (κ1) is 23.9. The van der Waals surface area contributed by atoms with E-state index >= 15 is 0 Å². The molecule has 1 aliphatic heterocycles. The lowest BCUT2D eigenvalue weighted by molar-refractivity contribution is -0.117. The molecule has 172 valence electrons. The molecule has 0 radical (unpaired) electrons. The zero-order chi connectivity index (χ0) is 23.3. The van der Waals surface area contributed by atoms with Crippen molar-refractivity contribution in [2.75, 3.05) is 32.0 Å². The number of hydrogen-bond acceptors (Lipinski definition) is 5. The maximum Gasteiger partial charge on any atom is 0.248 e. The van der Waals surface area contributed by atoms with E-state index in [-0.39, 0.29) is 17.3 Å². The number of anilines is 1. The average molecular weight is 459 g/mol. The van der Waals surface area contributed by atoms with Crippen LogP contribution in [0.5, 0.6) is 0 Å². The summed E-state index contributed by atoms with van der Waals surface area (Å²) < 4.78 is 27.4. The van der Waals surface area contributed by atoms with Crippen molar-refractivity contribution in [3.05, 3.63) is 59.2 Å². The van der Waals surface area contributed by atoms with E-state index in [4.69, 9.17) is 5.73 Å². The van der Waals surface area contributed by atoms with E-state index in [1.54, 1.807) is 42.3 Å². The molecule has 3 rings (SSSR count). The summed E-state index contributed by atoms with van der Waals surface area (Å²) in [5.74, 6) is -0.753. The molecule has 1 saturated heterocycles. The van der Waals surface area contributed by atoms with Gasteiger partial charge >= 0.3 is 0 Å². The second-order valence-electron chi connectivity index (χ2n) is 8.23. The number of carbonyl (C=O) groups excluding carboxylic acids is 2. The molecule has 2 aromatic carbocycles. The molecule has 8 nitrogen and oxygen atoms in total. The molecule has 2 aromatic rings. The van der Waals surface area contributed by atoms with Crippen molar-refractivity contribution in [1.29, 1.82) is 0 Å². The zero-order valence-corrected chi connectivity index (χ0v) is 19.3. The predicted octanol–water partition coefficient (Wildman–Crippen LogP) is 2.34. The first-order valence-corrected chi connectivity index (χ1v) is 12.1. The average Bonchev–Trinajstić information content (AvgIpc) is 2.75. The standard InChI is InChI=1S/C23H30N4O4S/c1-17-9-10-20(32(30,31)27-11-4-3-5-12-27)14-21(17)25-22(28)16-26(2)15-18-7-6-8-19(13-18)23(24)29/h6-10,13-14H,3-5,11-12,15-16H2,1-2H3,(H2,24,29)(H,25,28). The topological polar surface area (TPSA) is 113 Å². The third kappa shape index (κ3) is 5.93. The Hall–Kier alpha value is -2.75. The summed E-state index contributed by atoms with van der Waals surface area (Å²) in [7, 11) is -1.79. The summed E-state index contributed by atoms with van der Waals surface area (Å²) in [5.41, 5.74) is 7.87. The number of primary amides is 1. The Balaban J connectivity index is 1.66. The van der Waals surface area contributed by atoms with E-state index in [1.165, 1.54) is 10.4 Å². The molecule has 0 unspecified atom stereocenters. The Kier molecular flexibility index (Phi) is 7.65. The fourth-order valence-electron chi connectivity index (χ4n) is 3.78. The zero-order valence-electron chi connectivity index (χ0n) is 18.5. The number of hydrogen-bond donors (Lipinski definition) is 2. The van der Waals surface area contributed by atoms with Crippen LogP contribution in [-0.2, 0) is 21.4 Å². The molecule has 0 aromatic heterocycles. The highest BCUT2D eigenvalue weighted by molar-refractivity contribution is 7.89. The second kappa shape index (κ2) is 10.2. The van der Waals surface area contributed by atoms with Crippen molar-refractivity contribution in [2.45, 2.75) is 37.6 Å². The molecular formula is C23H30N4O4S. The van der Waals surface area contributed by atoms with Crippen molar-refractivity contribution in [1.82, 2.24) is 9.21 Å². The van der Waals surface area contributed by atoms with E-state index in [0.717, 1.165) is 30.4 Å². The van der Waals surface area contributed by atoms with E-state index in [9.17, 15) is 18.0 Å². The Morgan fingerprint density at radius 3 is 2.50 bits per heavy atom. The first-order valence-electron chi connectivity index (χ1n) is 10.6. The fraction of sp³-hybridized carbons (Fsp3) is 0.391. The van der Waals surface area contributed by atoms with Gasteiger partial charge in [-0.2, -0.15) is 4.31 Å². The summed E-state index contributed by atoms with van der Waals surface area (Å²) in [6.45, 7) is 3.44. The lowest BCUT2D eigenvalue weighted by atomic mass is 10.1. The summed E-state index contributed by atoms with van der Waals surface area (Å²) in [5, 5.41) is 2.83. The molecule has 9 heteroatoms. The SMILES string of the molecule is Cc1ccc(S(=O)(=O)N2CCCCC2)cc1NC(=O)CN(C)Cc1cccc(C(N)=O)c1. The molecule has 0 bridgehead atoms. The van der Waals surface area contributed by atoms with Crippen LogP contribution in [0.1, 0.15) is 40.7 Å². The lowest BCUT2D eigenvalue weighted by Crippen LogP contribution is -2.35. The summed E-state index contributed by atoms with van der Waals surface area (Å²) in [6, 6.07) is 11.8. The fourth-order valence-corrected chi connectivity index (χ4v) is 5.32. The lowest BCUT2D eigenvalue weighted by Gasteiger charge is -2.26. The van der Waals surface area contributed by atoms with Crippen LogP contribution in [0.3, 0.4) is 0 Å². The van der Waals surface area contributed by atoms with Gasteiger partial charge in [0.25, 0.3) is 0 Å². The summed E-state index contributed by atoms with van der Waals surface area (Å²) in [4.78, 5) is 26.0. The minimum Gasteiger partial charge on any atom is -0.366 e. The maximum absolute atomic E-state index is 13.0. The maximum atomic E-state index is 13.0. The van der Waals surface area contributed by atoms with Crippen LogP contribution in [-0.4, -0.2) is 56.1 Å². The number of nitrogens with two attached hydrogens (primary N) is 1.